The van der Waals surface area contributed by atoms with Crippen LogP contribution in [0.2, 0.25) is 5.02 Å². The number of benzene rings is 1. The molecular formula is C15H13ClF3N3O5S. The molecule has 0 fully saturated rings. The lowest BCUT2D eigenvalue weighted by molar-refractivity contribution is -0.138. The van der Waals surface area contributed by atoms with E-state index < -0.39 is 39.2 Å². The van der Waals surface area contributed by atoms with E-state index in [4.69, 9.17) is 21.4 Å². The van der Waals surface area contributed by atoms with E-state index in [0.717, 1.165) is 6.07 Å². The smallest absolute Gasteiger partial charge is 0.417 e. The third kappa shape index (κ3) is 5.24. The number of halogens is 4. The Morgan fingerprint density at radius 3 is 2.54 bits per heavy atom. The summed E-state index contributed by atoms with van der Waals surface area (Å²) in [6.45, 7) is 0. The largest absolute Gasteiger partial charge is 0.495 e. The molecule has 1 aromatic carbocycles. The molecule has 0 aliphatic rings. The number of hydrogen-bond acceptors (Lipinski definition) is 6. The summed E-state index contributed by atoms with van der Waals surface area (Å²) in [5.74, 6) is -1.60. The maximum atomic E-state index is 12.6. The molecule has 0 spiro atoms. The molecule has 0 saturated carbocycles. The fourth-order valence-corrected chi connectivity index (χ4v) is 3.35. The SMILES string of the molecule is COc1ccc(CC(=O)O)cc1S(=O)(=O)NNc1ncc(C(F)(F)F)cc1Cl. The summed E-state index contributed by atoms with van der Waals surface area (Å²) in [4.78, 5) is 15.8. The third-order valence-electron chi connectivity index (χ3n) is 3.35. The van der Waals surface area contributed by atoms with Gasteiger partial charge in [-0.1, -0.05) is 17.7 Å². The van der Waals surface area contributed by atoms with Crippen LogP contribution >= 0.6 is 11.6 Å². The van der Waals surface area contributed by atoms with Crippen molar-refractivity contribution in [3.63, 3.8) is 0 Å². The number of hydrogen-bond donors (Lipinski definition) is 3. The first-order chi connectivity index (χ1) is 12.9. The highest BCUT2D eigenvalue weighted by molar-refractivity contribution is 7.89. The molecule has 1 aromatic heterocycles. The number of alkyl halides is 3. The van der Waals surface area contributed by atoms with Crippen molar-refractivity contribution in [1.82, 2.24) is 9.82 Å². The van der Waals surface area contributed by atoms with E-state index >= 15 is 0 Å². The number of sulfonamides is 1. The summed E-state index contributed by atoms with van der Waals surface area (Å²) >= 11 is 5.70. The number of hydrazine groups is 1. The second-order valence-corrected chi connectivity index (χ2v) is 7.40. The molecule has 152 valence electrons. The summed E-state index contributed by atoms with van der Waals surface area (Å²) < 4.78 is 67.8. The first kappa shape index (κ1) is 21.7. The molecule has 0 amide bonds. The predicted molar refractivity (Wildman–Crippen MR) is 92.5 cm³/mol. The van der Waals surface area contributed by atoms with Crippen molar-refractivity contribution in [3.8, 4) is 5.75 Å². The maximum absolute atomic E-state index is 12.6. The van der Waals surface area contributed by atoms with Crippen LogP contribution in [0.3, 0.4) is 0 Å². The second-order valence-electron chi connectivity index (χ2n) is 5.34. The van der Waals surface area contributed by atoms with E-state index in [1.54, 1.807) is 0 Å². The fourth-order valence-electron chi connectivity index (χ4n) is 2.07. The summed E-state index contributed by atoms with van der Waals surface area (Å²) in [5.41, 5.74) is 1.21. The van der Waals surface area contributed by atoms with Crippen LogP contribution in [-0.2, 0) is 27.4 Å². The van der Waals surface area contributed by atoms with Crippen molar-refractivity contribution in [1.29, 1.82) is 0 Å². The molecule has 0 unspecified atom stereocenters. The number of methoxy groups -OCH3 is 1. The number of carbonyl (C=O) groups is 1. The zero-order chi connectivity index (χ0) is 21.1. The van der Waals surface area contributed by atoms with Crippen LogP contribution < -0.4 is 15.0 Å². The summed E-state index contributed by atoms with van der Waals surface area (Å²) in [7, 11) is -3.10. The van der Waals surface area contributed by atoms with E-state index in [2.05, 4.69) is 10.4 Å². The standard InChI is InChI=1S/C15H13ClF3N3O5S/c1-27-11-3-2-8(5-13(23)24)4-12(11)28(25,26)22-21-14-10(16)6-9(7-20-14)15(17,18)19/h2-4,6-7,22H,5H2,1H3,(H,20,21)(H,23,24). The molecule has 28 heavy (non-hydrogen) atoms. The molecule has 0 bridgehead atoms. The minimum Gasteiger partial charge on any atom is -0.495 e. The fraction of sp³-hybridized carbons (Fsp3) is 0.200. The Labute approximate surface area is 162 Å². The molecule has 0 aliphatic carbocycles. The minimum atomic E-state index is -4.66. The minimum absolute atomic E-state index is 0.0742. The summed E-state index contributed by atoms with van der Waals surface area (Å²) in [5, 5.41) is 8.37. The van der Waals surface area contributed by atoms with Crippen molar-refractivity contribution in [2.24, 2.45) is 0 Å². The van der Waals surface area contributed by atoms with Gasteiger partial charge < -0.3 is 9.84 Å². The number of carboxylic acid groups (broad SMARTS) is 1. The topological polar surface area (TPSA) is 118 Å². The number of pyridine rings is 1. The number of anilines is 1. The van der Waals surface area contributed by atoms with Gasteiger partial charge in [-0.15, -0.1) is 4.83 Å². The van der Waals surface area contributed by atoms with Gasteiger partial charge in [-0.05, 0) is 23.8 Å². The molecule has 2 aromatic rings. The average Bonchev–Trinajstić information content (AvgIpc) is 2.59. The van der Waals surface area contributed by atoms with E-state index in [9.17, 15) is 26.4 Å². The number of nitrogens with zero attached hydrogens (tertiary/aromatic N) is 1. The molecule has 2 rings (SSSR count). The number of nitrogens with one attached hydrogen (secondary N) is 2. The number of aromatic nitrogens is 1. The number of aliphatic carboxylic acids is 1. The van der Waals surface area contributed by atoms with Crippen molar-refractivity contribution in [2.45, 2.75) is 17.5 Å². The third-order valence-corrected chi connectivity index (χ3v) is 4.90. The Bertz CT molecular complexity index is 999. The molecule has 0 saturated heterocycles. The van der Waals surface area contributed by atoms with Crippen molar-refractivity contribution < 1.29 is 36.2 Å². The lowest BCUT2D eigenvalue weighted by atomic mass is 10.1. The molecule has 0 aliphatic heterocycles. The lowest BCUT2D eigenvalue weighted by Gasteiger charge is -2.14. The predicted octanol–water partition coefficient (Wildman–Crippen LogP) is 2.69. The Balaban J connectivity index is 2.28. The van der Waals surface area contributed by atoms with Gasteiger partial charge in [-0.2, -0.15) is 13.2 Å². The monoisotopic (exact) mass is 439 g/mol. The van der Waals surface area contributed by atoms with Gasteiger partial charge in [-0.3, -0.25) is 10.2 Å². The van der Waals surface area contributed by atoms with Crippen LogP contribution in [0.5, 0.6) is 5.75 Å². The highest BCUT2D eigenvalue weighted by Crippen LogP contribution is 2.32. The molecule has 1 heterocycles. The highest BCUT2D eigenvalue weighted by atomic mass is 35.5. The van der Waals surface area contributed by atoms with E-state index in [1.165, 1.54) is 19.2 Å². The number of carboxylic acids is 1. The molecule has 8 nitrogen and oxygen atoms in total. The Kier molecular flexibility index (Phi) is 6.37. The maximum Gasteiger partial charge on any atom is 0.417 e. The van der Waals surface area contributed by atoms with Crippen LogP contribution in [0.1, 0.15) is 11.1 Å². The van der Waals surface area contributed by atoms with Crippen LogP contribution in [-0.4, -0.2) is 31.6 Å². The molecule has 0 radical (unpaired) electrons. The van der Waals surface area contributed by atoms with Crippen LogP contribution in [0.4, 0.5) is 19.0 Å². The Morgan fingerprint density at radius 1 is 1.32 bits per heavy atom. The van der Waals surface area contributed by atoms with Gasteiger partial charge in [0, 0.05) is 6.20 Å². The quantitative estimate of drug-likeness (QED) is 0.568. The normalized spacial score (nSPS) is 11.9. The van der Waals surface area contributed by atoms with Crippen LogP contribution in [0, 0.1) is 0 Å². The van der Waals surface area contributed by atoms with Gasteiger partial charge in [0.1, 0.15) is 10.6 Å². The van der Waals surface area contributed by atoms with Gasteiger partial charge >= 0.3 is 12.1 Å². The van der Waals surface area contributed by atoms with Crippen molar-refractivity contribution in [2.75, 3.05) is 12.5 Å². The van der Waals surface area contributed by atoms with Gasteiger partial charge in [0.2, 0.25) is 0 Å². The summed E-state index contributed by atoms with van der Waals surface area (Å²) in [6.07, 6.45) is -4.60. The first-order valence-electron chi connectivity index (χ1n) is 7.33. The van der Waals surface area contributed by atoms with E-state index in [1.807, 2.05) is 4.83 Å². The van der Waals surface area contributed by atoms with Gasteiger partial charge in [-0.25, -0.2) is 13.4 Å². The van der Waals surface area contributed by atoms with Crippen molar-refractivity contribution >= 4 is 33.4 Å². The number of rotatable bonds is 7. The first-order valence-corrected chi connectivity index (χ1v) is 9.19. The Morgan fingerprint density at radius 2 is 2.00 bits per heavy atom. The zero-order valence-electron chi connectivity index (χ0n) is 14.0. The molecule has 0 atom stereocenters. The van der Waals surface area contributed by atoms with Gasteiger partial charge in [0.25, 0.3) is 10.0 Å². The average molecular weight is 440 g/mol. The molecule has 13 heteroatoms. The summed E-state index contributed by atoms with van der Waals surface area (Å²) in [6, 6.07) is 4.34. The zero-order valence-corrected chi connectivity index (χ0v) is 15.6. The van der Waals surface area contributed by atoms with E-state index in [-0.39, 0.29) is 22.0 Å². The van der Waals surface area contributed by atoms with Crippen LogP contribution in [0.15, 0.2) is 35.4 Å². The van der Waals surface area contributed by atoms with E-state index in [0.29, 0.717) is 12.3 Å². The lowest BCUT2D eigenvalue weighted by Crippen LogP contribution is -2.30. The van der Waals surface area contributed by atoms with Gasteiger partial charge in [0.05, 0.1) is 24.1 Å². The molecular weight excluding hydrogens is 427 g/mol. The molecule has 3 N–H and O–H groups in total. The Hall–Kier alpha value is -2.57. The number of ether oxygens (including phenoxy) is 1. The highest BCUT2D eigenvalue weighted by Gasteiger charge is 2.31. The van der Waals surface area contributed by atoms with Crippen molar-refractivity contribution in [3.05, 3.63) is 46.6 Å². The second kappa shape index (κ2) is 8.20. The van der Waals surface area contributed by atoms with Crippen LogP contribution in [0.25, 0.3) is 0 Å². The van der Waals surface area contributed by atoms with Gasteiger partial charge in [0.15, 0.2) is 5.82 Å².